The van der Waals surface area contributed by atoms with Crippen molar-refractivity contribution in [3.63, 3.8) is 0 Å². The first kappa shape index (κ1) is 16.3. The minimum atomic E-state index is -1.12. The highest BCUT2D eigenvalue weighted by Gasteiger charge is 2.18. The van der Waals surface area contributed by atoms with Gasteiger partial charge in [0.15, 0.2) is 0 Å². The molecule has 8 heteroatoms. The lowest BCUT2D eigenvalue weighted by Crippen LogP contribution is -2.45. The number of carbonyl (C=O) groups is 3. The fourth-order valence-electron chi connectivity index (χ4n) is 1.45. The van der Waals surface area contributed by atoms with E-state index >= 15 is 0 Å². The second kappa shape index (κ2) is 8.43. The fraction of sp³-hybridized carbons (Fsp3) is 0.700. The molecule has 0 spiro atoms. The molecule has 104 valence electrons. The molecule has 0 aromatic carbocycles. The highest BCUT2D eigenvalue weighted by Crippen LogP contribution is 1.97. The van der Waals surface area contributed by atoms with Crippen molar-refractivity contribution in [3.8, 4) is 0 Å². The highest BCUT2D eigenvalue weighted by atomic mass is 16.4. The van der Waals surface area contributed by atoms with E-state index < -0.39 is 31.0 Å². The average Bonchev–Trinajstić information content (AvgIpc) is 2.21. The summed E-state index contributed by atoms with van der Waals surface area (Å²) >= 11 is 0. The van der Waals surface area contributed by atoms with Crippen LogP contribution in [0, 0.1) is 0 Å². The van der Waals surface area contributed by atoms with Gasteiger partial charge in [0.05, 0.1) is 19.6 Å². The van der Waals surface area contributed by atoms with E-state index in [2.05, 4.69) is 5.32 Å². The third kappa shape index (κ3) is 8.48. The van der Waals surface area contributed by atoms with Crippen molar-refractivity contribution < 1.29 is 29.7 Å². The molecule has 1 unspecified atom stereocenters. The molecule has 0 fully saturated rings. The molecular formula is C10H18N2O6. The Balaban J connectivity index is 4.35. The third-order valence-electron chi connectivity index (χ3n) is 2.23. The Hall–Kier alpha value is -1.67. The van der Waals surface area contributed by atoms with Gasteiger partial charge in [-0.3, -0.25) is 19.3 Å². The van der Waals surface area contributed by atoms with Gasteiger partial charge in [-0.05, 0) is 6.42 Å². The number of nitrogens with one attached hydrogen (secondary N) is 1. The summed E-state index contributed by atoms with van der Waals surface area (Å²) in [6.45, 7) is 0.948. The lowest BCUT2D eigenvalue weighted by Gasteiger charge is -2.24. The summed E-state index contributed by atoms with van der Waals surface area (Å²) in [6, 6.07) is -0.264. The highest BCUT2D eigenvalue weighted by molar-refractivity contribution is 5.72. The third-order valence-corrected chi connectivity index (χ3v) is 2.23. The first-order valence-corrected chi connectivity index (χ1v) is 5.46. The van der Waals surface area contributed by atoms with Gasteiger partial charge in [-0.25, -0.2) is 0 Å². The van der Waals surface area contributed by atoms with Gasteiger partial charge in [-0.15, -0.1) is 0 Å². The molecule has 4 N–H and O–H groups in total. The zero-order valence-electron chi connectivity index (χ0n) is 10.1. The Morgan fingerprint density at radius 3 is 1.89 bits per heavy atom. The van der Waals surface area contributed by atoms with E-state index in [1.807, 2.05) is 0 Å². The van der Waals surface area contributed by atoms with Gasteiger partial charge in [0, 0.05) is 12.6 Å². The number of rotatable bonds is 10. The molecular weight excluding hydrogens is 244 g/mol. The largest absolute Gasteiger partial charge is 0.480 e. The maximum atomic E-state index is 10.6. The van der Waals surface area contributed by atoms with Crippen molar-refractivity contribution in [1.82, 2.24) is 10.2 Å². The van der Waals surface area contributed by atoms with Crippen LogP contribution in [-0.4, -0.2) is 70.3 Å². The second-order valence-corrected chi connectivity index (χ2v) is 3.84. The number of hydrogen-bond acceptors (Lipinski definition) is 5. The molecule has 0 aliphatic carbocycles. The summed E-state index contributed by atoms with van der Waals surface area (Å²) in [7, 11) is 0. The maximum Gasteiger partial charge on any atom is 0.317 e. The molecule has 0 amide bonds. The van der Waals surface area contributed by atoms with Gasteiger partial charge in [-0.1, -0.05) is 6.92 Å². The Labute approximate surface area is 104 Å². The minimum absolute atomic E-state index is 0.169. The smallest absolute Gasteiger partial charge is 0.317 e. The van der Waals surface area contributed by atoms with E-state index in [-0.39, 0.29) is 19.1 Å². The zero-order valence-corrected chi connectivity index (χ0v) is 10.1. The molecule has 8 nitrogen and oxygen atoms in total. The summed E-state index contributed by atoms with van der Waals surface area (Å²) in [5, 5.41) is 28.5. The molecule has 18 heavy (non-hydrogen) atoms. The van der Waals surface area contributed by atoms with Crippen LogP contribution in [0.2, 0.25) is 0 Å². The predicted molar refractivity (Wildman–Crippen MR) is 61.4 cm³/mol. The van der Waals surface area contributed by atoms with Crippen LogP contribution in [0.4, 0.5) is 0 Å². The van der Waals surface area contributed by atoms with Gasteiger partial charge >= 0.3 is 17.9 Å². The molecule has 0 aliphatic rings. The van der Waals surface area contributed by atoms with Crippen LogP contribution < -0.4 is 5.32 Å². The summed E-state index contributed by atoms with van der Waals surface area (Å²) in [6.07, 6.45) is 0.572. The normalized spacial score (nSPS) is 12.3. The van der Waals surface area contributed by atoms with Crippen LogP contribution in [-0.2, 0) is 14.4 Å². The van der Waals surface area contributed by atoms with Crippen molar-refractivity contribution in [2.75, 3.05) is 26.2 Å². The minimum Gasteiger partial charge on any atom is -0.480 e. The van der Waals surface area contributed by atoms with E-state index in [1.54, 1.807) is 6.92 Å². The van der Waals surface area contributed by atoms with E-state index in [4.69, 9.17) is 15.3 Å². The molecule has 0 bridgehead atoms. The van der Waals surface area contributed by atoms with Gasteiger partial charge < -0.3 is 20.6 Å². The van der Waals surface area contributed by atoms with Crippen molar-refractivity contribution >= 4 is 17.9 Å². The summed E-state index contributed by atoms with van der Waals surface area (Å²) in [5.74, 6) is -3.26. The van der Waals surface area contributed by atoms with E-state index in [0.717, 1.165) is 0 Å². The van der Waals surface area contributed by atoms with E-state index in [1.165, 1.54) is 4.90 Å². The molecule has 0 aromatic rings. The van der Waals surface area contributed by atoms with Crippen LogP contribution in [0.25, 0.3) is 0 Å². The van der Waals surface area contributed by atoms with Gasteiger partial charge in [0.2, 0.25) is 0 Å². The van der Waals surface area contributed by atoms with Gasteiger partial charge in [-0.2, -0.15) is 0 Å². The maximum absolute atomic E-state index is 10.6. The Morgan fingerprint density at radius 1 is 1.06 bits per heavy atom. The van der Waals surface area contributed by atoms with Crippen molar-refractivity contribution in [2.24, 2.45) is 0 Å². The summed E-state index contributed by atoms with van der Waals surface area (Å²) in [4.78, 5) is 32.8. The van der Waals surface area contributed by atoms with Crippen LogP contribution in [0.5, 0.6) is 0 Å². The van der Waals surface area contributed by atoms with Crippen molar-refractivity contribution in [2.45, 2.75) is 19.4 Å². The van der Waals surface area contributed by atoms with Crippen molar-refractivity contribution in [1.29, 1.82) is 0 Å². The van der Waals surface area contributed by atoms with Gasteiger partial charge in [0.1, 0.15) is 0 Å². The summed E-state index contributed by atoms with van der Waals surface area (Å²) in [5.41, 5.74) is 0. The number of hydrogen-bond donors (Lipinski definition) is 4. The standard InChI is InChI=1S/C10H18N2O6/c1-2-7(11-3-8(13)14)4-12(5-9(15)16)6-10(17)18/h7,11H,2-6H2,1H3,(H,13,14)(H,15,16)(H,17,18). The lowest BCUT2D eigenvalue weighted by molar-refractivity contribution is -0.142. The second-order valence-electron chi connectivity index (χ2n) is 3.84. The molecule has 0 aromatic heterocycles. The predicted octanol–water partition coefficient (Wildman–Crippen LogP) is -1.09. The average molecular weight is 262 g/mol. The Kier molecular flexibility index (Phi) is 7.64. The Bertz CT molecular complexity index is 291. The molecule has 0 radical (unpaired) electrons. The first-order valence-electron chi connectivity index (χ1n) is 5.46. The molecule has 0 rings (SSSR count). The van der Waals surface area contributed by atoms with Crippen LogP contribution >= 0.6 is 0 Å². The van der Waals surface area contributed by atoms with E-state index in [9.17, 15) is 14.4 Å². The van der Waals surface area contributed by atoms with Crippen LogP contribution in [0.1, 0.15) is 13.3 Å². The molecule has 0 heterocycles. The lowest BCUT2D eigenvalue weighted by atomic mass is 10.2. The molecule has 0 saturated heterocycles. The fourth-order valence-corrected chi connectivity index (χ4v) is 1.45. The number of nitrogens with zero attached hydrogens (tertiary/aromatic N) is 1. The first-order chi connectivity index (χ1) is 8.35. The monoisotopic (exact) mass is 262 g/mol. The van der Waals surface area contributed by atoms with Gasteiger partial charge in [0.25, 0.3) is 0 Å². The SMILES string of the molecule is CCC(CN(CC(=O)O)CC(=O)O)NCC(=O)O. The van der Waals surface area contributed by atoms with E-state index in [0.29, 0.717) is 6.42 Å². The van der Waals surface area contributed by atoms with Crippen LogP contribution in [0.3, 0.4) is 0 Å². The molecule has 0 aliphatic heterocycles. The molecule has 1 atom stereocenters. The van der Waals surface area contributed by atoms with Crippen molar-refractivity contribution in [3.05, 3.63) is 0 Å². The molecule has 0 saturated carbocycles. The topological polar surface area (TPSA) is 127 Å². The summed E-state index contributed by atoms with van der Waals surface area (Å²) < 4.78 is 0. The zero-order chi connectivity index (χ0) is 14.1. The number of aliphatic carboxylic acids is 3. The number of carboxylic acids is 3. The van der Waals surface area contributed by atoms with Crippen LogP contribution in [0.15, 0.2) is 0 Å². The Morgan fingerprint density at radius 2 is 1.56 bits per heavy atom. The number of carboxylic acid groups (broad SMARTS) is 3. The quantitative estimate of drug-likeness (QED) is 0.391.